The average Bonchev–Trinajstić information content (AvgIpc) is 2.68. The topological polar surface area (TPSA) is 75.8 Å². The van der Waals surface area contributed by atoms with Crippen LogP contribution in [0, 0.1) is 6.92 Å². The molecule has 1 aliphatic rings. The van der Waals surface area contributed by atoms with E-state index < -0.39 is 0 Å². The third-order valence-electron chi connectivity index (χ3n) is 5.07. The number of hydrogen-bond acceptors (Lipinski definition) is 5. The van der Waals surface area contributed by atoms with Gasteiger partial charge < -0.3 is 20.5 Å². The molecule has 0 bridgehead atoms. The second-order valence-corrected chi connectivity index (χ2v) is 7.06. The van der Waals surface area contributed by atoms with E-state index in [1.807, 2.05) is 31.2 Å². The highest BCUT2D eigenvalue weighted by molar-refractivity contribution is 6.11. The Labute approximate surface area is 165 Å². The van der Waals surface area contributed by atoms with E-state index in [1.54, 1.807) is 12.1 Å². The number of nitrogens with zero attached hydrogens (tertiary/aromatic N) is 1. The van der Waals surface area contributed by atoms with E-state index >= 15 is 0 Å². The Morgan fingerprint density at radius 3 is 2.71 bits per heavy atom. The molecule has 28 heavy (non-hydrogen) atoms. The first-order valence-electron chi connectivity index (χ1n) is 9.27. The molecule has 0 aliphatic carbocycles. The summed E-state index contributed by atoms with van der Waals surface area (Å²) in [6.07, 6.45) is 6.00. The molecule has 0 saturated heterocycles. The van der Waals surface area contributed by atoms with Crippen LogP contribution in [-0.2, 0) is 0 Å². The number of para-hydroxylation sites is 1. The summed E-state index contributed by atoms with van der Waals surface area (Å²) in [4.78, 5) is 15.1. The third-order valence-corrected chi connectivity index (χ3v) is 5.07. The van der Waals surface area contributed by atoms with Crippen LogP contribution in [0.25, 0.3) is 11.6 Å². The van der Waals surface area contributed by atoms with E-state index in [1.165, 1.54) is 13.2 Å². The minimum atomic E-state index is -0.326. The average molecular weight is 378 g/mol. The highest BCUT2D eigenvalue weighted by Gasteiger charge is 2.24. The van der Waals surface area contributed by atoms with Crippen LogP contribution in [0.2, 0.25) is 0 Å². The zero-order valence-corrected chi connectivity index (χ0v) is 16.5. The molecule has 0 saturated carbocycles. The van der Waals surface area contributed by atoms with Gasteiger partial charge in [-0.3, -0.25) is 4.79 Å². The van der Waals surface area contributed by atoms with E-state index in [4.69, 9.17) is 10.5 Å². The zero-order valence-electron chi connectivity index (χ0n) is 16.5. The van der Waals surface area contributed by atoms with Gasteiger partial charge in [0.05, 0.1) is 7.11 Å². The molecule has 0 amide bonds. The lowest BCUT2D eigenvalue weighted by Crippen LogP contribution is -2.24. The van der Waals surface area contributed by atoms with Gasteiger partial charge in [0.15, 0.2) is 5.78 Å². The molecule has 1 aliphatic heterocycles. The highest BCUT2D eigenvalue weighted by atomic mass is 16.5. The number of rotatable bonds is 5. The summed E-state index contributed by atoms with van der Waals surface area (Å²) in [5, 5.41) is 11.0. The first kappa shape index (κ1) is 19.7. The van der Waals surface area contributed by atoms with Crippen molar-refractivity contribution in [1.82, 2.24) is 4.90 Å². The number of ether oxygens (including phenoxy) is 1. The molecular formula is C23H26N2O3. The summed E-state index contributed by atoms with van der Waals surface area (Å²) < 4.78 is 5.40. The molecule has 146 valence electrons. The van der Waals surface area contributed by atoms with Crippen LogP contribution in [0.3, 0.4) is 0 Å². The van der Waals surface area contributed by atoms with Crippen molar-refractivity contribution >= 4 is 23.1 Å². The maximum atomic E-state index is 12.9. The van der Waals surface area contributed by atoms with Gasteiger partial charge in [-0.1, -0.05) is 24.3 Å². The van der Waals surface area contributed by atoms with Gasteiger partial charge in [0.1, 0.15) is 17.1 Å². The second kappa shape index (κ2) is 8.31. The second-order valence-electron chi connectivity index (χ2n) is 7.06. The van der Waals surface area contributed by atoms with Gasteiger partial charge in [-0.2, -0.15) is 0 Å². The number of phenols is 1. The van der Waals surface area contributed by atoms with Crippen molar-refractivity contribution in [2.45, 2.75) is 13.3 Å². The molecule has 0 spiro atoms. The Bertz CT molecular complexity index is 961. The number of benzene rings is 2. The summed E-state index contributed by atoms with van der Waals surface area (Å²) in [6.45, 7) is 3.65. The van der Waals surface area contributed by atoms with Gasteiger partial charge in [0.2, 0.25) is 0 Å². The van der Waals surface area contributed by atoms with Crippen LogP contribution in [0.1, 0.15) is 33.5 Å². The number of phenolic OH excluding ortho intramolecular Hbond substituents is 1. The fourth-order valence-electron chi connectivity index (χ4n) is 3.48. The maximum absolute atomic E-state index is 12.9. The summed E-state index contributed by atoms with van der Waals surface area (Å²) in [7, 11) is 3.56. The Morgan fingerprint density at radius 2 is 2.07 bits per heavy atom. The smallest absolute Gasteiger partial charge is 0.193 e. The normalized spacial score (nSPS) is 14.9. The van der Waals surface area contributed by atoms with Gasteiger partial charge >= 0.3 is 0 Å². The van der Waals surface area contributed by atoms with E-state index in [0.717, 1.165) is 41.8 Å². The standard InChI is InChI=1S/C23H26N2O3/c1-15-14-20(28-3)22(19(26)9-8-16-6-4-5-7-18(16)24)23(27)21(15)17-10-12-25(2)13-11-17/h4-10,14,27H,11-13,24H2,1-3H3/b9-8+. The number of ketones is 1. The van der Waals surface area contributed by atoms with E-state index in [0.29, 0.717) is 11.4 Å². The number of carbonyl (C=O) groups is 1. The van der Waals surface area contributed by atoms with Crippen molar-refractivity contribution in [3.63, 3.8) is 0 Å². The Kier molecular flexibility index (Phi) is 5.85. The number of allylic oxidation sites excluding steroid dienone is 1. The lowest BCUT2D eigenvalue weighted by atomic mass is 9.90. The quantitative estimate of drug-likeness (QED) is 0.469. The number of aryl methyl sites for hydroxylation is 1. The lowest BCUT2D eigenvalue weighted by Gasteiger charge is -2.24. The molecule has 0 unspecified atom stereocenters. The molecule has 3 N–H and O–H groups in total. The third kappa shape index (κ3) is 3.94. The van der Waals surface area contributed by atoms with Crippen molar-refractivity contribution in [3.8, 4) is 11.5 Å². The molecule has 0 radical (unpaired) electrons. The number of hydrogen-bond donors (Lipinski definition) is 2. The molecule has 2 aromatic rings. The van der Waals surface area contributed by atoms with Crippen LogP contribution in [0.5, 0.6) is 11.5 Å². The maximum Gasteiger partial charge on any atom is 0.193 e. The van der Waals surface area contributed by atoms with Crippen molar-refractivity contribution in [3.05, 3.63) is 64.7 Å². The van der Waals surface area contributed by atoms with Crippen molar-refractivity contribution in [2.75, 3.05) is 33.0 Å². The number of likely N-dealkylation sites (N-methyl/N-ethyl adjacent to an activating group) is 1. The lowest BCUT2D eigenvalue weighted by molar-refractivity contribution is 0.104. The Hall–Kier alpha value is -3.05. The highest BCUT2D eigenvalue weighted by Crippen LogP contribution is 2.40. The summed E-state index contributed by atoms with van der Waals surface area (Å²) in [5.41, 5.74) is 10.1. The molecule has 0 atom stereocenters. The molecule has 2 aromatic carbocycles. The first-order valence-corrected chi connectivity index (χ1v) is 9.27. The fourth-order valence-corrected chi connectivity index (χ4v) is 3.48. The minimum Gasteiger partial charge on any atom is -0.506 e. The molecule has 5 nitrogen and oxygen atoms in total. The van der Waals surface area contributed by atoms with Crippen LogP contribution >= 0.6 is 0 Å². The number of methoxy groups -OCH3 is 1. The van der Waals surface area contributed by atoms with Gasteiger partial charge in [-0.15, -0.1) is 0 Å². The van der Waals surface area contributed by atoms with Crippen molar-refractivity contribution in [1.29, 1.82) is 0 Å². The van der Waals surface area contributed by atoms with E-state index in [9.17, 15) is 9.90 Å². The number of nitrogens with two attached hydrogens (primary N) is 1. The molecule has 0 aromatic heterocycles. The SMILES string of the molecule is COc1cc(C)c(C2=CCN(C)CC2)c(O)c1C(=O)/C=C/c1ccccc1N. The zero-order chi connectivity index (χ0) is 20.3. The number of carbonyl (C=O) groups excluding carboxylic acids is 1. The number of anilines is 1. The Morgan fingerprint density at radius 1 is 1.32 bits per heavy atom. The predicted octanol–water partition coefficient (Wildman–Crippen LogP) is 3.91. The summed E-state index contributed by atoms with van der Waals surface area (Å²) >= 11 is 0. The van der Waals surface area contributed by atoms with Crippen molar-refractivity contribution < 1.29 is 14.6 Å². The van der Waals surface area contributed by atoms with Gasteiger partial charge in [0, 0.05) is 24.3 Å². The molecule has 3 rings (SSSR count). The van der Waals surface area contributed by atoms with Gasteiger partial charge in [-0.25, -0.2) is 0 Å². The van der Waals surface area contributed by atoms with Crippen LogP contribution in [-0.4, -0.2) is 43.0 Å². The summed E-state index contributed by atoms with van der Waals surface area (Å²) in [5.74, 6) is 0.0127. The number of aromatic hydroxyl groups is 1. The monoisotopic (exact) mass is 378 g/mol. The molecular weight excluding hydrogens is 352 g/mol. The van der Waals surface area contributed by atoms with Crippen molar-refractivity contribution in [2.24, 2.45) is 0 Å². The molecule has 0 fully saturated rings. The van der Waals surface area contributed by atoms with Crippen LogP contribution in [0.4, 0.5) is 5.69 Å². The number of nitrogen functional groups attached to an aromatic ring is 1. The van der Waals surface area contributed by atoms with Gasteiger partial charge in [-0.05, 0) is 61.4 Å². The van der Waals surface area contributed by atoms with Crippen LogP contribution in [0.15, 0.2) is 42.5 Å². The minimum absolute atomic E-state index is 0.0247. The van der Waals surface area contributed by atoms with Crippen LogP contribution < -0.4 is 10.5 Å². The van der Waals surface area contributed by atoms with Gasteiger partial charge in [0.25, 0.3) is 0 Å². The first-order chi connectivity index (χ1) is 13.4. The molecule has 5 heteroatoms. The Balaban J connectivity index is 2.03. The largest absolute Gasteiger partial charge is 0.506 e. The van der Waals surface area contributed by atoms with E-state index in [-0.39, 0.29) is 17.1 Å². The van der Waals surface area contributed by atoms with E-state index in [2.05, 4.69) is 18.0 Å². The summed E-state index contributed by atoms with van der Waals surface area (Å²) in [6, 6.07) is 9.12. The molecule has 1 heterocycles. The fraction of sp³-hybridized carbons (Fsp3) is 0.261. The predicted molar refractivity (Wildman–Crippen MR) is 114 cm³/mol.